The molecule has 2 nitrogen and oxygen atoms in total. The van der Waals surface area contributed by atoms with Crippen molar-refractivity contribution in [3.05, 3.63) is 61.2 Å². The summed E-state index contributed by atoms with van der Waals surface area (Å²) in [5.41, 5.74) is 0. The minimum atomic E-state index is 1.11. The molecule has 106 valence electrons. The summed E-state index contributed by atoms with van der Waals surface area (Å²) in [6.45, 7) is 2.21. The smallest absolute Gasteiger partial charge is 0.168 e. The van der Waals surface area contributed by atoms with Gasteiger partial charge in [0.1, 0.15) is 0 Å². The lowest BCUT2D eigenvalue weighted by Gasteiger charge is -2.00. The van der Waals surface area contributed by atoms with Crippen molar-refractivity contribution in [1.82, 2.24) is 0 Å². The molecule has 0 radical (unpaired) electrons. The van der Waals surface area contributed by atoms with Gasteiger partial charge in [0, 0.05) is 35.8 Å². The molecule has 0 amide bonds. The fraction of sp³-hybridized carbons (Fsp3) is 0.375. The van der Waals surface area contributed by atoms with Crippen LogP contribution in [0.25, 0.3) is 0 Å². The van der Waals surface area contributed by atoms with E-state index >= 15 is 0 Å². The Morgan fingerprint density at radius 3 is 1.30 bits per heavy atom. The maximum atomic E-state index is 2.24. The van der Waals surface area contributed by atoms with Crippen LogP contribution >= 0.6 is 23.5 Å². The molecule has 2 aromatic rings. The molecule has 0 aliphatic rings. The summed E-state index contributed by atoms with van der Waals surface area (Å²) in [5, 5.41) is 0. The van der Waals surface area contributed by atoms with Gasteiger partial charge in [-0.3, -0.25) is 0 Å². The Morgan fingerprint density at radius 2 is 0.900 bits per heavy atom. The Labute approximate surface area is 130 Å². The molecule has 0 spiro atoms. The van der Waals surface area contributed by atoms with E-state index in [1.807, 2.05) is 23.5 Å². The average molecular weight is 306 g/mol. The van der Waals surface area contributed by atoms with Gasteiger partial charge >= 0.3 is 0 Å². The van der Waals surface area contributed by atoms with E-state index in [9.17, 15) is 0 Å². The largest absolute Gasteiger partial charge is 0.204 e. The fourth-order valence-electron chi connectivity index (χ4n) is 1.83. The minimum absolute atomic E-state index is 1.11. The van der Waals surface area contributed by atoms with Crippen molar-refractivity contribution >= 4 is 23.5 Å². The lowest BCUT2D eigenvalue weighted by Crippen LogP contribution is -2.33. The molecule has 0 aromatic carbocycles. The van der Waals surface area contributed by atoms with E-state index in [1.165, 1.54) is 23.0 Å². The Balaban J connectivity index is 1.44. The molecule has 0 fully saturated rings. The molecular formula is C16H22N2S2+2. The van der Waals surface area contributed by atoms with Crippen molar-refractivity contribution in [1.29, 1.82) is 0 Å². The van der Waals surface area contributed by atoms with Crippen LogP contribution in [0, 0.1) is 0 Å². The first kappa shape index (κ1) is 15.4. The van der Waals surface area contributed by atoms with Gasteiger partial charge in [0.15, 0.2) is 37.9 Å². The number of rotatable bonds is 9. The van der Waals surface area contributed by atoms with E-state index < -0.39 is 0 Å². The van der Waals surface area contributed by atoms with Crippen LogP contribution in [0.15, 0.2) is 61.2 Å². The molecule has 0 atom stereocenters. The monoisotopic (exact) mass is 306 g/mol. The van der Waals surface area contributed by atoms with Crippen LogP contribution in [0.5, 0.6) is 0 Å². The quantitative estimate of drug-likeness (QED) is 0.519. The van der Waals surface area contributed by atoms with Gasteiger partial charge in [-0.15, -0.1) is 0 Å². The number of pyridine rings is 2. The minimum Gasteiger partial charge on any atom is -0.204 e. The fourth-order valence-corrected chi connectivity index (χ4v) is 3.86. The molecule has 0 saturated carbocycles. The highest BCUT2D eigenvalue weighted by molar-refractivity contribution is 8.02. The number of hydrogen-bond acceptors (Lipinski definition) is 2. The molecule has 20 heavy (non-hydrogen) atoms. The highest BCUT2D eigenvalue weighted by atomic mass is 32.2. The molecule has 0 saturated heterocycles. The lowest BCUT2D eigenvalue weighted by atomic mass is 10.5. The van der Waals surface area contributed by atoms with Gasteiger partial charge in [-0.25, -0.2) is 9.13 Å². The number of thioether (sulfide) groups is 2. The third-order valence-electron chi connectivity index (χ3n) is 2.91. The summed E-state index contributed by atoms with van der Waals surface area (Å²) in [6, 6.07) is 12.5. The summed E-state index contributed by atoms with van der Waals surface area (Å²) in [5.74, 6) is 4.89. The van der Waals surface area contributed by atoms with Gasteiger partial charge in [0.25, 0.3) is 0 Å². The molecule has 0 aliphatic carbocycles. The molecule has 0 aliphatic heterocycles. The molecule has 0 unspecified atom stereocenters. The maximum Gasteiger partial charge on any atom is 0.168 e. The summed E-state index contributed by atoms with van der Waals surface area (Å²) in [4.78, 5) is 0. The molecule has 4 heteroatoms. The van der Waals surface area contributed by atoms with E-state index in [2.05, 4.69) is 70.3 Å². The SMILES string of the molecule is c1cc[n+](CCSCCSCC[n+]2ccccc2)cc1. The Bertz CT molecular complexity index is 417. The average Bonchev–Trinajstić information content (AvgIpc) is 2.52. The first-order valence-corrected chi connectivity index (χ1v) is 9.30. The van der Waals surface area contributed by atoms with E-state index in [0.29, 0.717) is 0 Å². The van der Waals surface area contributed by atoms with Crippen LogP contribution in [0.3, 0.4) is 0 Å². The van der Waals surface area contributed by atoms with Crippen molar-refractivity contribution in [2.45, 2.75) is 13.1 Å². The summed E-state index contributed by atoms with van der Waals surface area (Å²) in [6.07, 6.45) is 8.53. The zero-order valence-electron chi connectivity index (χ0n) is 11.7. The number of aryl methyl sites for hydroxylation is 2. The predicted molar refractivity (Wildman–Crippen MR) is 87.9 cm³/mol. The normalized spacial score (nSPS) is 10.6. The second-order valence-corrected chi connectivity index (χ2v) is 6.90. The summed E-state index contributed by atoms with van der Waals surface area (Å²) in [7, 11) is 0. The highest BCUT2D eigenvalue weighted by Crippen LogP contribution is 2.06. The second kappa shape index (κ2) is 9.83. The van der Waals surface area contributed by atoms with E-state index in [0.717, 1.165) is 13.1 Å². The Hall–Kier alpha value is -1.00. The van der Waals surface area contributed by atoms with Crippen LogP contribution < -0.4 is 9.13 Å². The van der Waals surface area contributed by atoms with Gasteiger partial charge in [-0.05, 0) is 0 Å². The number of hydrogen-bond donors (Lipinski definition) is 0. The van der Waals surface area contributed by atoms with Crippen molar-refractivity contribution in [2.75, 3.05) is 23.0 Å². The van der Waals surface area contributed by atoms with Gasteiger partial charge in [0.05, 0.1) is 11.5 Å². The van der Waals surface area contributed by atoms with Crippen molar-refractivity contribution in [3.63, 3.8) is 0 Å². The van der Waals surface area contributed by atoms with Gasteiger partial charge in [-0.2, -0.15) is 23.5 Å². The van der Waals surface area contributed by atoms with Crippen molar-refractivity contribution in [3.8, 4) is 0 Å². The Morgan fingerprint density at radius 1 is 0.500 bits per heavy atom. The first-order valence-electron chi connectivity index (χ1n) is 6.99. The van der Waals surface area contributed by atoms with Crippen molar-refractivity contribution in [2.24, 2.45) is 0 Å². The second-order valence-electron chi connectivity index (χ2n) is 4.45. The van der Waals surface area contributed by atoms with Crippen molar-refractivity contribution < 1.29 is 9.13 Å². The van der Waals surface area contributed by atoms with Crippen LogP contribution in [0.2, 0.25) is 0 Å². The number of nitrogens with zero attached hydrogens (tertiary/aromatic N) is 2. The van der Waals surface area contributed by atoms with Gasteiger partial charge in [0.2, 0.25) is 0 Å². The first-order chi connectivity index (χ1) is 9.95. The van der Waals surface area contributed by atoms with Crippen LogP contribution in [-0.2, 0) is 13.1 Å². The zero-order chi connectivity index (χ0) is 13.9. The maximum absolute atomic E-state index is 2.24. The topological polar surface area (TPSA) is 7.76 Å². The van der Waals surface area contributed by atoms with Crippen LogP contribution in [0.4, 0.5) is 0 Å². The van der Waals surface area contributed by atoms with Gasteiger partial charge in [-0.1, -0.05) is 12.1 Å². The highest BCUT2D eigenvalue weighted by Gasteiger charge is 2.00. The van der Waals surface area contributed by atoms with Gasteiger partial charge < -0.3 is 0 Å². The molecule has 0 N–H and O–H groups in total. The lowest BCUT2D eigenvalue weighted by molar-refractivity contribution is -0.692. The standard InChI is InChI=1S/C16H22N2S2/c1-3-7-17(8-4-1)11-13-19-15-16-20-14-12-18-9-5-2-6-10-18/h1-10H,11-16H2/q+2. The molecular weight excluding hydrogens is 284 g/mol. The predicted octanol–water partition coefficient (Wildman–Crippen LogP) is 2.43. The molecule has 2 aromatic heterocycles. The van der Waals surface area contributed by atoms with Crippen LogP contribution in [-0.4, -0.2) is 23.0 Å². The Kier molecular flexibility index (Phi) is 7.57. The molecule has 2 heterocycles. The van der Waals surface area contributed by atoms with E-state index in [1.54, 1.807) is 0 Å². The molecule has 2 rings (SSSR count). The third-order valence-corrected chi connectivity index (χ3v) is 5.10. The van der Waals surface area contributed by atoms with E-state index in [4.69, 9.17) is 0 Å². The third kappa shape index (κ3) is 6.44. The summed E-state index contributed by atoms with van der Waals surface area (Å²) >= 11 is 4.09. The zero-order valence-corrected chi connectivity index (χ0v) is 13.4. The summed E-state index contributed by atoms with van der Waals surface area (Å²) < 4.78 is 4.48. The molecule has 0 bridgehead atoms. The number of aromatic nitrogens is 2. The van der Waals surface area contributed by atoms with E-state index in [-0.39, 0.29) is 0 Å². The van der Waals surface area contributed by atoms with Crippen LogP contribution in [0.1, 0.15) is 0 Å².